The van der Waals surface area contributed by atoms with E-state index in [1.165, 1.54) is 0 Å². The second-order valence-corrected chi connectivity index (χ2v) is 3.06. The van der Waals surface area contributed by atoms with Crippen molar-refractivity contribution in [1.82, 2.24) is 0 Å². The highest BCUT2D eigenvalue weighted by Gasteiger charge is 1.94. The first-order valence-electron chi connectivity index (χ1n) is 2.88. The van der Waals surface area contributed by atoms with Gasteiger partial charge in [-0.1, -0.05) is 0 Å². The highest BCUT2D eigenvalue weighted by Crippen LogP contribution is 2.23. The van der Waals surface area contributed by atoms with E-state index in [1.54, 1.807) is 0 Å². The van der Waals surface area contributed by atoms with Crippen LogP contribution in [0.4, 0.5) is 0 Å². The Morgan fingerprint density at radius 3 is 1.15 bits per heavy atom. The summed E-state index contributed by atoms with van der Waals surface area (Å²) in [6, 6.07) is 3.42. The Hall–Kier alpha value is -0.770. The highest BCUT2D eigenvalue weighted by molar-refractivity contribution is 5.39. The third kappa shape index (κ3) is 7.59. The summed E-state index contributed by atoms with van der Waals surface area (Å²) in [7, 11) is 0. The van der Waals surface area contributed by atoms with E-state index in [0.29, 0.717) is 0 Å². The van der Waals surface area contributed by atoms with Gasteiger partial charge in [-0.3, -0.25) is 0 Å². The number of hydrogen-bond acceptors (Lipinski definition) is 6. The van der Waals surface area contributed by atoms with E-state index in [2.05, 4.69) is 0 Å². The molecule has 0 radical (unpaired) electrons. The zero-order valence-corrected chi connectivity index (χ0v) is 8.37. The third-order valence-corrected chi connectivity index (χ3v) is 0.887. The number of phenols is 3. The summed E-state index contributed by atoms with van der Waals surface area (Å²) < 4.78 is 24.5. The summed E-state index contributed by atoms with van der Waals surface area (Å²) in [5.74, 6) is -0.437. The molecule has 0 amide bonds. The Kier molecular flexibility index (Phi) is 5.46. The summed E-state index contributed by atoms with van der Waals surface area (Å²) in [5, 5.41) is 26.0. The fourth-order valence-electron chi connectivity index (χ4n) is 0.580. The topological polar surface area (TPSA) is 127 Å². The molecule has 0 unspecified atom stereocenters. The van der Waals surface area contributed by atoms with E-state index < -0.39 is 21.1 Å². The standard InChI is InChI=1S/C6H6O3.HIO3/c7-4-1-5(8)3-6(9)2-4;2-1(3)4/h1-3,7-9H;2H. The Morgan fingerprint density at radius 2 is 1.00 bits per heavy atom. The van der Waals surface area contributed by atoms with Crippen LogP contribution in [0.25, 0.3) is 0 Å². The van der Waals surface area contributed by atoms with E-state index >= 15 is 0 Å². The number of phenolic OH excluding ortho intramolecular Hbond substituents is 3. The van der Waals surface area contributed by atoms with Gasteiger partial charge in [0.15, 0.2) is 0 Å². The summed E-state index contributed by atoms with van der Waals surface area (Å²) in [4.78, 5) is 0. The SMILES string of the molecule is Oc1cc(O)cc(O)c1.[O-][I+2]([O-])O. The molecular formula is C6H7IO6. The fraction of sp³-hybridized carbons (Fsp3) is 0. The molecule has 0 saturated heterocycles. The highest BCUT2D eigenvalue weighted by atomic mass is 127. The van der Waals surface area contributed by atoms with E-state index in [-0.39, 0.29) is 17.2 Å². The van der Waals surface area contributed by atoms with Crippen molar-refractivity contribution >= 4 is 0 Å². The minimum atomic E-state index is -3.76. The second kappa shape index (κ2) is 5.80. The predicted octanol–water partition coefficient (Wildman–Crippen LogP) is -5.13. The average Bonchev–Trinajstić information content (AvgIpc) is 1.80. The largest absolute Gasteiger partial charge is 0.508 e. The summed E-state index contributed by atoms with van der Waals surface area (Å²) in [6.07, 6.45) is 0. The van der Waals surface area contributed by atoms with Gasteiger partial charge in [-0.25, -0.2) is 0 Å². The molecule has 0 atom stereocenters. The molecule has 0 aliphatic heterocycles. The second-order valence-electron chi connectivity index (χ2n) is 1.91. The average molecular weight is 302 g/mol. The van der Waals surface area contributed by atoms with Crippen LogP contribution in [0.3, 0.4) is 0 Å². The molecule has 1 aromatic rings. The van der Waals surface area contributed by atoms with Gasteiger partial charge in [-0.05, 0) is 3.44 Å². The maximum atomic E-state index is 8.68. The molecule has 0 aliphatic rings. The molecule has 13 heavy (non-hydrogen) atoms. The van der Waals surface area contributed by atoms with Gasteiger partial charge in [0.05, 0.1) is 0 Å². The first kappa shape index (κ1) is 12.2. The van der Waals surface area contributed by atoms with Crippen LogP contribution in [-0.4, -0.2) is 18.8 Å². The molecule has 0 heterocycles. The zero-order chi connectivity index (χ0) is 10.4. The van der Waals surface area contributed by atoms with Crippen LogP contribution in [0.1, 0.15) is 0 Å². The molecule has 1 rings (SSSR count). The van der Waals surface area contributed by atoms with Gasteiger partial charge in [0, 0.05) is 18.2 Å². The summed E-state index contributed by atoms with van der Waals surface area (Å²) in [6.45, 7) is 0. The first-order valence-corrected chi connectivity index (χ1v) is 5.61. The lowest BCUT2D eigenvalue weighted by molar-refractivity contribution is -1.63. The Labute approximate surface area is 82.4 Å². The zero-order valence-electron chi connectivity index (χ0n) is 6.22. The molecule has 6 nitrogen and oxygen atoms in total. The summed E-state index contributed by atoms with van der Waals surface area (Å²) in [5.41, 5.74) is 0. The van der Waals surface area contributed by atoms with Gasteiger partial charge in [0.2, 0.25) is 0 Å². The van der Waals surface area contributed by atoms with Crippen molar-refractivity contribution in [3.63, 3.8) is 0 Å². The quantitative estimate of drug-likeness (QED) is 0.355. The van der Waals surface area contributed by atoms with Crippen LogP contribution >= 0.6 is 0 Å². The van der Waals surface area contributed by atoms with Gasteiger partial charge in [-0.15, -0.1) is 0 Å². The van der Waals surface area contributed by atoms with Crippen molar-refractivity contribution in [1.29, 1.82) is 0 Å². The van der Waals surface area contributed by atoms with Crippen molar-refractivity contribution < 1.29 is 46.7 Å². The number of hydrogen-bond donors (Lipinski definition) is 4. The maximum Gasteiger partial charge on any atom is 0.503 e. The fourth-order valence-corrected chi connectivity index (χ4v) is 0.580. The molecule has 0 aliphatic carbocycles. The van der Waals surface area contributed by atoms with E-state index in [9.17, 15) is 0 Å². The molecular weight excluding hydrogens is 295 g/mol. The van der Waals surface area contributed by atoms with Crippen LogP contribution in [0.2, 0.25) is 0 Å². The first-order chi connectivity index (χ1) is 5.91. The lowest BCUT2D eigenvalue weighted by Crippen LogP contribution is -3.98. The molecule has 74 valence electrons. The van der Waals surface area contributed by atoms with Gasteiger partial charge in [0.25, 0.3) is 0 Å². The molecule has 0 bridgehead atoms. The predicted molar refractivity (Wildman–Crippen MR) is 33.7 cm³/mol. The van der Waals surface area contributed by atoms with Gasteiger partial charge in [-0.2, -0.15) is 0 Å². The lowest BCUT2D eigenvalue weighted by atomic mass is 10.3. The molecule has 7 heteroatoms. The lowest BCUT2D eigenvalue weighted by Gasteiger charge is -1.94. The van der Waals surface area contributed by atoms with Crippen molar-refractivity contribution in [3.05, 3.63) is 18.2 Å². The van der Waals surface area contributed by atoms with E-state index in [4.69, 9.17) is 25.6 Å². The molecule has 0 fully saturated rings. The minimum Gasteiger partial charge on any atom is -0.508 e. The molecule has 0 aromatic heterocycles. The van der Waals surface area contributed by atoms with Gasteiger partial charge < -0.3 is 22.2 Å². The van der Waals surface area contributed by atoms with Crippen LogP contribution in [0.15, 0.2) is 18.2 Å². The molecule has 4 N–H and O–H groups in total. The van der Waals surface area contributed by atoms with Crippen LogP contribution in [0.5, 0.6) is 17.2 Å². The minimum absolute atomic E-state index is 0.146. The molecule has 1 aromatic carbocycles. The maximum absolute atomic E-state index is 8.68. The van der Waals surface area contributed by atoms with Gasteiger partial charge in [0.1, 0.15) is 17.2 Å². The number of rotatable bonds is 0. The van der Waals surface area contributed by atoms with E-state index in [0.717, 1.165) is 18.2 Å². The summed E-state index contributed by atoms with van der Waals surface area (Å²) >= 11 is -3.76. The Morgan fingerprint density at radius 1 is 0.846 bits per heavy atom. The van der Waals surface area contributed by atoms with Crippen molar-refractivity contribution in [2.45, 2.75) is 0 Å². The third-order valence-electron chi connectivity index (χ3n) is 0.887. The number of benzene rings is 1. The number of halogens is 1. The smallest absolute Gasteiger partial charge is 0.503 e. The van der Waals surface area contributed by atoms with Crippen LogP contribution in [0, 0.1) is 0 Å². The van der Waals surface area contributed by atoms with Crippen molar-refractivity contribution in [3.8, 4) is 17.2 Å². The number of aromatic hydroxyl groups is 3. The van der Waals surface area contributed by atoms with Crippen LogP contribution in [-0.2, 0) is 0 Å². The Balaban J connectivity index is 0.000000310. The monoisotopic (exact) mass is 302 g/mol. The molecule has 0 spiro atoms. The van der Waals surface area contributed by atoms with E-state index in [1.807, 2.05) is 0 Å². The molecule has 0 saturated carbocycles. The Bertz CT molecular complexity index is 210. The van der Waals surface area contributed by atoms with Gasteiger partial charge >= 0.3 is 21.1 Å². The van der Waals surface area contributed by atoms with Crippen molar-refractivity contribution in [2.24, 2.45) is 0 Å². The van der Waals surface area contributed by atoms with Crippen molar-refractivity contribution in [2.75, 3.05) is 0 Å². The normalized spacial score (nSPS) is 9.23. The van der Waals surface area contributed by atoms with Crippen LogP contribution < -0.4 is 27.9 Å².